The molecule has 0 saturated heterocycles. The zero-order valence-corrected chi connectivity index (χ0v) is 13.9. The predicted molar refractivity (Wildman–Crippen MR) is 89.9 cm³/mol. The van der Waals surface area contributed by atoms with Crippen LogP contribution in [-0.4, -0.2) is 24.5 Å². The molecular formula is C17H25N5. The quantitative estimate of drug-likeness (QED) is 0.686. The SMILES string of the molecule is CC.Cc1cn2c(n1)CCCC2.Cc1nc2ncccc2[nH]1. The fraction of sp³-hybridized carbons (Fsp3) is 0.471. The van der Waals surface area contributed by atoms with Crippen molar-refractivity contribution in [3.05, 3.63) is 41.9 Å². The normalized spacial score (nSPS) is 12.7. The van der Waals surface area contributed by atoms with Gasteiger partial charge in [-0.3, -0.25) is 0 Å². The van der Waals surface area contributed by atoms with E-state index in [-0.39, 0.29) is 0 Å². The number of nitrogens with one attached hydrogen (secondary N) is 1. The molecule has 0 atom stereocenters. The molecule has 118 valence electrons. The monoisotopic (exact) mass is 299 g/mol. The van der Waals surface area contributed by atoms with Crippen LogP contribution in [0.1, 0.15) is 44.0 Å². The lowest BCUT2D eigenvalue weighted by atomic mass is 10.2. The Hall–Kier alpha value is -2.17. The molecule has 4 rings (SSSR count). The molecule has 3 aromatic heterocycles. The van der Waals surface area contributed by atoms with Gasteiger partial charge in [0.25, 0.3) is 0 Å². The maximum Gasteiger partial charge on any atom is 0.177 e. The smallest absolute Gasteiger partial charge is 0.177 e. The lowest BCUT2D eigenvalue weighted by molar-refractivity contribution is 0.522. The maximum absolute atomic E-state index is 4.41. The summed E-state index contributed by atoms with van der Waals surface area (Å²) in [5, 5.41) is 0. The molecule has 5 nitrogen and oxygen atoms in total. The van der Waals surface area contributed by atoms with Gasteiger partial charge in [0, 0.05) is 25.4 Å². The fourth-order valence-electron chi connectivity index (χ4n) is 2.52. The molecule has 0 spiro atoms. The number of aromatic nitrogens is 5. The van der Waals surface area contributed by atoms with Crippen LogP contribution >= 0.6 is 0 Å². The second-order valence-electron chi connectivity index (χ2n) is 5.15. The van der Waals surface area contributed by atoms with Crippen molar-refractivity contribution in [2.75, 3.05) is 0 Å². The Morgan fingerprint density at radius 2 is 1.95 bits per heavy atom. The van der Waals surface area contributed by atoms with Crippen molar-refractivity contribution >= 4 is 11.2 Å². The van der Waals surface area contributed by atoms with Crippen LogP contribution in [0.15, 0.2) is 24.5 Å². The summed E-state index contributed by atoms with van der Waals surface area (Å²) >= 11 is 0. The highest BCUT2D eigenvalue weighted by Gasteiger charge is 2.09. The van der Waals surface area contributed by atoms with Crippen LogP contribution in [0.3, 0.4) is 0 Å². The molecule has 1 N–H and O–H groups in total. The zero-order chi connectivity index (χ0) is 15.9. The maximum atomic E-state index is 4.41. The van der Waals surface area contributed by atoms with E-state index in [9.17, 15) is 0 Å². The first-order valence-electron chi connectivity index (χ1n) is 8.02. The van der Waals surface area contributed by atoms with Crippen LogP contribution in [-0.2, 0) is 13.0 Å². The second kappa shape index (κ2) is 7.73. The first-order chi connectivity index (χ1) is 10.7. The Morgan fingerprint density at radius 3 is 2.68 bits per heavy atom. The van der Waals surface area contributed by atoms with Gasteiger partial charge in [0.15, 0.2) is 5.65 Å². The number of hydrogen-bond acceptors (Lipinski definition) is 3. The van der Waals surface area contributed by atoms with Gasteiger partial charge in [0.05, 0.1) is 11.2 Å². The lowest BCUT2D eigenvalue weighted by Gasteiger charge is -2.11. The van der Waals surface area contributed by atoms with Crippen LogP contribution in [0.2, 0.25) is 0 Å². The van der Waals surface area contributed by atoms with Crippen LogP contribution in [0.5, 0.6) is 0 Å². The van der Waals surface area contributed by atoms with Gasteiger partial charge in [0.1, 0.15) is 11.6 Å². The number of nitrogens with zero attached hydrogens (tertiary/aromatic N) is 4. The number of rotatable bonds is 0. The van der Waals surface area contributed by atoms with Crippen LogP contribution in [0.4, 0.5) is 0 Å². The highest BCUT2D eigenvalue weighted by atomic mass is 15.1. The zero-order valence-electron chi connectivity index (χ0n) is 13.9. The van der Waals surface area contributed by atoms with E-state index in [2.05, 4.69) is 37.6 Å². The third-order valence-electron chi connectivity index (χ3n) is 3.40. The van der Waals surface area contributed by atoms with E-state index in [1.54, 1.807) is 6.20 Å². The highest BCUT2D eigenvalue weighted by molar-refractivity contribution is 5.69. The topological polar surface area (TPSA) is 59.4 Å². The highest BCUT2D eigenvalue weighted by Crippen LogP contribution is 2.13. The van der Waals surface area contributed by atoms with E-state index >= 15 is 0 Å². The molecule has 0 bridgehead atoms. The fourth-order valence-corrected chi connectivity index (χ4v) is 2.52. The number of hydrogen-bond donors (Lipinski definition) is 1. The van der Waals surface area contributed by atoms with Gasteiger partial charge in [-0.25, -0.2) is 15.0 Å². The summed E-state index contributed by atoms with van der Waals surface area (Å²) in [4.78, 5) is 15.7. The van der Waals surface area contributed by atoms with Crippen molar-refractivity contribution < 1.29 is 0 Å². The number of aryl methyl sites for hydroxylation is 4. The van der Waals surface area contributed by atoms with Crippen LogP contribution < -0.4 is 0 Å². The minimum absolute atomic E-state index is 0.792. The van der Waals surface area contributed by atoms with Crippen LogP contribution in [0.25, 0.3) is 11.2 Å². The summed E-state index contributed by atoms with van der Waals surface area (Å²) in [5.41, 5.74) is 2.96. The largest absolute Gasteiger partial charge is 0.341 e. The molecule has 0 fully saturated rings. The van der Waals surface area contributed by atoms with E-state index in [0.717, 1.165) is 22.7 Å². The van der Waals surface area contributed by atoms with E-state index < -0.39 is 0 Å². The van der Waals surface area contributed by atoms with Gasteiger partial charge in [-0.05, 0) is 38.8 Å². The van der Waals surface area contributed by atoms with Crippen molar-refractivity contribution in [3.8, 4) is 0 Å². The predicted octanol–water partition coefficient (Wildman–Crippen LogP) is 3.82. The Kier molecular flexibility index (Phi) is 5.69. The van der Waals surface area contributed by atoms with Crippen molar-refractivity contribution in [1.29, 1.82) is 0 Å². The summed E-state index contributed by atoms with van der Waals surface area (Å²) in [6.45, 7) is 9.16. The van der Waals surface area contributed by atoms with Crippen molar-refractivity contribution in [2.24, 2.45) is 0 Å². The molecule has 3 aromatic rings. The molecule has 1 aliphatic heterocycles. The number of H-pyrrole nitrogens is 1. The minimum atomic E-state index is 0.792. The molecule has 0 amide bonds. The molecule has 0 unspecified atom stereocenters. The number of imidazole rings is 2. The third kappa shape index (κ3) is 3.93. The molecule has 22 heavy (non-hydrogen) atoms. The van der Waals surface area contributed by atoms with Crippen molar-refractivity contribution in [1.82, 2.24) is 24.5 Å². The second-order valence-corrected chi connectivity index (χ2v) is 5.15. The third-order valence-corrected chi connectivity index (χ3v) is 3.40. The Morgan fingerprint density at radius 1 is 1.14 bits per heavy atom. The van der Waals surface area contributed by atoms with Crippen molar-refractivity contribution in [3.63, 3.8) is 0 Å². The molecular weight excluding hydrogens is 274 g/mol. The van der Waals surface area contributed by atoms with E-state index in [0.29, 0.717) is 0 Å². The van der Waals surface area contributed by atoms with Crippen molar-refractivity contribution in [2.45, 2.75) is 53.5 Å². The summed E-state index contributed by atoms with van der Waals surface area (Å²) < 4.78 is 2.28. The molecule has 5 heteroatoms. The van der Waals surface area contributed by atoms with Gasteiger partial charge in [0.2, 0.25) is 0 Å². The van der Waals surface area contributed by atoms with Crippen LogP contribution in [0, 0.1) is 13.8 Å². The Bertz CT molecular complexity index is 654. The van der Waals surface area contributed by atoms with Gasteiger partial charge >= 0.3 is 0 Å². The average molecular weight is 299 g/mol. The molecule has 4 heterocycles. The van der Waals surface area contributed by atoms with E-state index in [1.807, 2.05) is 32.9 Å². The van der Waals surface area contributed by atoms with Gasteiger partial charge < -0.3 is 9.55 Å². The summed E-state index contributed by atoms with van der Waals surface area (Å²) in [6.07, 6.45) is 7.70. The first kappa shape index (κ1) is 16.2. The molecule has 0 aromatic carbocycles. The first-order valence-corrected chi connectivity index (χ1v) is 8.02. The molecule has 0 aliphatic carbocycles. The Balaban J connectivity index is 0.000000144. The standard InChI is InChI=1S/C8H12N2.C7H7N3.C2H6/c1-7-6-10-5-3-2-4-8(10)9-7;1-5-9-6-3-2-4-8-7(6)10-5;1-2/h6H,2-5H2,1H3;2-4H,1H3,(H,8,9,10);1-2H3. The van der Waals surface area contributed by atoms with E-state index in [1.165, 1.54) is 31.6 Å². The van der Waals surface area contributed by atoms with Gasteiger partial charge in [-0.1, -0.05) is 13.8 Å². The summed E-state index contributed by atoms with van der Waals surface area (Å²) in [5.74, 6) is 2.19. The summed E-state index contributed by atoms with van der Waals surface area (Å²) in [6, 6.07) is 3.85. The molecule has 0 radical (unpaired) electrons. The van der Waals surface area contributed by atoms with Gasteiger partial charge in [-0.15, -0.1) is 0 Å². The van der Waals surface area contributed by atoms with E-state index in [4.69, 9.17) is 0 Å². The number of aromatic amines is 1. The summed E-state index contributed by atoms with van der Waals surface area (Å²) in [7, 11) is 0. The van der Waals surface area contributed by atoms with Gasteiger partial charge in [-0.2, -0.15) is 0 Å². The number of fused-ring (bicyclic) bond motifs is 2. The minimum Gasteiger partial charge on any atom is -0.341 e. The lowest BCUT2D eigenvalue weighted by Crippen LogP contribution is -2.08. The average Bonchev–Trinajstić information content (AvgIpc) is 3.10. The molecule has 0 saturated carbocycles. The number of pyridine rings is 1. The Labute approximate surface area is 131 Å². The molecule has 1 aliphatic rings.